The van der Waals surface area contributed by atoms with Crippen molar-refractivity contribution in [3.8, 4) is 5.75 Å². The molecular formula is C18H15NO6. The topological polar surface area (TPSA) is 87.9 Å². The minimum absolute atomic E-state index is 0.0463. The predicted molar refractivity (Wildman–Crippen MR) is 88.4 cm³/mol. The number of ether oxygens (including phenoxy) is 3. The maximum Gasteiger partial charge on any atom is 0.269 e. The molecule has 1 aromatic carbocycles. The highest BCUT2D eigenvalue weighted by atomic mass is 16.6. The van der Waals surface area contributed by atoms with E-state index in [1.807, 2.05) is 18.2 Å². The summed E-state index contributed by atoms with van der Waals surface area (Å²) in [6, 6.07) is 5.48. The lowest BCUT2D eigenvalue weighted by atomic mass is 10.0. The fourth-order valence-electron chi connectivity index (χ4n) is 2.28. The molecule has 0 radical (unpaired) electrons. The number of hydrogen-bond donors (Lipinski definition) is 0. The Morgan fingerprint density at radius 1 is 1.24 bits per heavy atom. The summed E-state index contributed by atoms with van der Waals surface area (Å²) in [5, 5.41) is 10.6. The van der Waals surface area contributed by atoms with Crippen molar-refractivity contribution in [2.45, 2.75) is 12.8 Å². The number of rotatable bonds is 6. The molecule has 7 nitrogen and oxygen atoms in total. The zero-order chi connectivity index (χ0) is 17.6. The Morgan fingerprint density at radius 2 is 2.04 bits per heavy atom. The van der Waals surface area contributed by atoms with Crippen molar-refractivity contribution in [2.75, 3.05) is 6.61 Å². The second-order valence-electron chi connectivity index (χ2n) is 5.32. The summed E-state index contributed by atoms with van der Waals surface area (Å²) in [6.45, 7) is -0.265. The molecule has 0 N–H and O–H groups in total. The number of carbonyl (C=O) groups excluding carboxylic acids is 1. The summed E-state index contributed by atoms with van der Waals surface area (Å²) in [7, 11) is 0. The first-order valence-electron chi connectivity index (χ1n) is 7.63. The summed E-state index contributed by atoms with van der Waals surface area (Å²) in [6.07, 6.45) is 10.3. The van der Waals surface area contributed by atoms with Crippen molar-refractivity contribution < 1.29 is 23.9 Å². The van der Waals surface area contributed by atoms with Gasteiger partial charge < -0.3 is 14.2 Å². The van der Waals surface area contributed by atoms with E-state index in [-0.39, 0.29) is 18.1 Å². The minimum atomic E-state index is -0.504. The lowest BCUT2D eigenvalue weighted by Gasteiger charge is -2.18. The monoisotopic (exact) mass is 341 g/mol. The molecule has 0 fully saturated rings. The van der Waals surface area contributed by atoms with E-state index in [1.165, 1.54) is 36.8 Å². The van der Waals surface area contributed by atoms with Crippen molar-refractivity contribution in [2.24, 2.45) is 0 Å². The van der Waals surface area contributed by atoms with E-state index in [0.717, 1.165) is 18.4 Å². The van der Waals surface area contributed by atoms with Gasteiger partial charge in [-0.15, -0.1) is 0 Å². The van der Waals surface area contributed by atoms with Crippen LogP contribution < -0.4 is 4.74 Å². The van der Waals surface area contributed by atoms with Gasteiger partial charge in [-0.25, -0.2) is 0 Å². The van der Waals surface area contributed by atoms with Gasteiger partial charge in [0.2, 0.25) is 11.5 Å². The lowest BCUT2D eigenvalue weighted by Crippen LogP contribution is -2.18. The number of nitrogens with zero attached hydrogens (tertiary/aromatic N) is 1. The average Bonchev–Trinajstić information content (AvgIpc) is 2.67. The first-order valence-corrected chi connectivity index (χ1v) is 7.63. The summed E-state index contributed by atoms with van der Waals surface area (Å²) in [4.78, 5) is 22.3. The third-order valence-electron chi connectivity index (χ3n) is 3.59. The molecule has 0 amide bonds. The number of ketones is 1. The molecule has 1 heterocycles. The van der Waals surface area contributed by atoms with Gasteiger partial charge in [0.1, 0.15) is 18.3 Å². The normalized spacial score (nSPS) is 15.9. The van der Waals surface area contributed by atoms with E-state index in [1.54, 1.807) is 0 Å². The molecule has 0 saturated carbocycles. The van der Waals surface area contributed by atoms with Crippen molar-refractivity contribution >= 4 is 11.5 Å². The third kappa shape index (κ3) is 4.14. The highest BCUT2D eigenvalue weighted by molar-refractivity contribution is 5.94. The van der Waals surface area contributed by atoms with Crippen LogP contribution in [0.4, 0.5) is 5.69 Å². The van der Waals surface area contributed by atoms with Gasteiger partial charge in [0.15, 0.2) is 12.4 Å². The maximum atomic E-state index is 12.2. The number of nitro groups is 1. The van der Waals surface area contributed by atoms with Crippen LogP contribution in [0, 0.1) is 10.1 Å². The smallest absolute Gasteiger partial charge is 0.269 e. The van der Waals surface area contributed by atoms with Gasteiger partial charge in [0.05, 0.1) is 4.92 Å². The zero-order valence-corrected chi connectivity index (χ0v) is 13.2. The summed E-state index contributed by atoms with van der Waals surface area (Å²) < 4.78 is 16.1. The minimum Gasteiger partial charge on any atom is -0.485 e. The van der Waals surface area contributed by atoms with Gasteiger partial charge in [-0.1, -0.05) is 18.2 Å². The predicted octanol–water partition coefficient (Wildman–Crippen LogP) is 3.55. The van der Waals surface area contributed by atoms with Crippen molar-refractivity contribution in [3.63, 3.8) is 0 Å². The Kier molecular flexibility index (Phi) is 4.94. The SMILES string of the molecule is O=C(COc1ccc([N+](=O)[O-])cc1)C1=COC=C(C2=CC=CCC2)O1. The number of Topliss-reactive ketones (excluding diaryl/α,β-unsaturated/α-hetero) is 1. The molecular weight excluding hydrogens is 326 g/mol. The van der Waals surface area contributed by atoms with E-state index < -0.39 is 10.7 Å². The summed E-state index contributed by atoms with van der Waals surface area (Å²) >= 11 is 0. The zero-order valence-electron chi connectivity index (χ0n) is 13.2. The highest BCUT2D eigenvalue weighted by Gasteiger charge is 2.21. The summed E-state index contributed by atoms with van der Waals surface area (Å²) in [5.41, 5.74) is 0.909. The van der Waals surface area contributed by atoms with Gasteiger partial charge in [-0.05, 0) is 30.5 Å². The Hall–Kier alpha value is -3.35. The van der Waals surface area contributed by atoms with Crippen LogP contribution in [0.5, 0.6) is 5.75 Å². The molecule has 0 unspecified atom stereocenters. The Labute approximate surface area is 143 Å². The summed E-state index contributed by atoms with van der Waals surface area (Å²) in [5.74, 6) is 0.517. The van der Waals surface area contributed by atoms with Gasteiger partial charge in [-0.2, -0.15) is 0 Å². The average molecular weight is 341 g/mol. The van der Waals surface area contributed by atoms with Crippen LogP contribution in [0.3, 0.4) is 0 Å². The third-order valence-corrected chi connectivity index (χ3v) is 3.59. The second kappa shape index (κ2) is 7.48. The molecule has 1 aliphatic carbocycles. The van der Waals surface area contributed by atoms with Crippen LogP contribution in [-0.4, -0.2) is 17.3 Å². The van der Waals surface area contributed by atoms with Gasteiger partial charge in [0, 0.05) is 12.1 Å². The molecule has 0 spiro atoms. The van der Waals surface area contributed by atoms with E-state index in [0.29, 0.717) is 11.5 Å². The van der Waals surface area contributed by atoms with Crippen LogP contribution in [0.15, 0.2) is 72.1 Å². The quantitative estimate of drug-likeness (QED) is 0.581. The molecule has 1 aliphatic heterocycles. The fourth-order valence-corrected chi connectivity index (χ4v) is 2.28. The molecule has 0 saturated heterocycles. The number of carbonyl (C=O) groups is 1. The van der Waals surface area contributed by atoms with Gasteiger partial charge in [0.25, 0.3) is 5.69 Å². The molecule has 0 atom stereocenters. The number of nitro benzene ring substituents is 1. The van der Waals surface area contributed by atoms with E-state index in [2.05, 4.69) is 0 Å². The molecule has 128 valence electrons. The van der Waals surface area contributed by atoms with E-state index in [4.69, 9.17) is 14.2 Å². The first kappa shape index (κ1) is 16.5. The molecule has 0 bridgehead atoms. The molecule has 3 rings (SSSR count). The van der Waals surface area contributed by atoms with E-state index >= 15 is 0 Å². The van der Waals surface area contributed by atoms with Crippen LogP contribution in [0.25, 0.3) is 0 Å². The van der Waals surface area contributed by atoms with Crippen molar-refractivity contribution in [1.82, 2.24) is 0 Å². The molecule has 7 heteroatoms. The number of hydrogen-bond acceptors (Lipinski definition) is 6. The van der Waals surface area contributed by atoms with Gasteiger partial charge in [-0.3, -0.25) is 14.9 Å². The fraction of sp³-hybridized carbons (Fsp3) is 0.167. The van der Waals surface area contributed by atoms with E-state index in [9.17, 15) is 14.9 Å². The standard InChI is InChI=1S/C18H15NO6/c20-16(10-24-15-8-6-14(7-9-15)19(21)22)18-12-23-11-17(25-18)13-4-2-1-3-5-13/h1-2,4,6-9,11-12H,3,5,10H2. The highest BCUT2D eigenvalue weighted by Crippen LogP contribution is 2.26. The maximum absolute atomic E-state index is 12.2. The Bertz CT molecular complexity index is 801. The first-order chi connectivity index (χ1) is 12.1. The van der Waals surface area contributed by atoms with Gasteiger partial charge >= 0.3 is 0 Å². The Morgan fingerprint density at radius 3 is 2.72 bits per heavy atom. The van der Waals surface area contributed by atoms with Crippen molar-refractivity contribution in [3.05, 3.63) is 82.2 Å². The largest absolute Gasteiger partial charge is 0.485 e. The molecule has 0 aromatic heterocycles. The van der Waals surface area contributed by atoms with Crippen LogP contribution >= 0.6 is 0 Å². The Balaban J connectivity index is 1.56. The molecule has 1 aromatic rings. The van der Waals surface area contributed by atoms with Crippen LogP contribution in [0.2, 0.25) is 0 Å². The van der Waals surface area contributed by atoms with Crippen LogP contribution in [0.1, 0.15) is 12.8 Å². The van der Waals surface area contributed by atoms with Crippen molar-refractivity contribution in [1.29, 1.82) is 0 Å². The lowest BCUT2D eigenvalue weighted by molar-refractivity contribution is -0.384. The number of allylic oxidation sites excluding steroid dienone is 4. The molecule has 25 heavy (non-hydrogen) atoms. The van der Waals surface area contributed by atoms with Crippen LogP contribution in [-0.2, 0) is 14.3 Å². The number of benzene rings is 1. The molecule has 2 aliphatic rings. The second-order valence-corrected chi connectivity index (χ2v) is 5.32. The number of non-ortho nitro benzene ring substituents is 1.